The summed E-state index contributed by atoms with van der Waals surface area (Å²) in [7, 11) is 2.55. The summed E-state index contributed by atoms with van der Waals surface area (Å²) in [6.45, 7) is 1.50. The minimum absolute atomic E-state index is 0.0472. The molecule has 0 radical (unpaired) electrons. The molecule has 1 aromatic carbocycles. The Labute approximate surface area is 117 Å². The van der Waals surface area contributed by atoms with Gasteiger partial charge in [-0.05, 0) is 12.1 Å². The number of benzene rings is 1. The van der Waals surface area contributed by atoms with Crippen molar-refractivity contribution >= 4 is 23.5 Å². The number of amides is 1. The molecule has 0 heterocycles. The Bertz CT molecular complexity index is 512. The van der Waals surface area contributed by atoms with Crippen molar-refractivity contribution in [3.05, 3.63) is 29.8 Å². The minimum Gasteiger partial charge on any atom is -0.469 e. The number of hydrogen-bond acceptors (Lipinski definition) is 5. The SMILES string of the molecule is COC(=O)CCN(C(C)=O)c1ccccc1C(=O)OC. The standard InChI is InChI=1S/C14H17NO5/c1-10(16)15(9-8-13(17)19-2)12-7-5-4-6-11(12)14(18)20-3/h4-7H,8-9H2,1-3H3. The Kier molecular flexibility index (Phi) is 5.71. The third kappa shape index (κ3) is 3.81. The molecule has 6 nitrogen and oxygen atoms in total. The molecular weight excluding hydrogens is 262 g/mol. The van der Waals surface area contributed by atoms with Gasteiger partial charge in [0, 0.05) is 13.5 Å². The fourth-order valence-electron chi connectivity index (χ4n) is 1.74. The van der Waals surface area contributed by atoms with Crippen molar-refractivity contribution in [2.45, 2.75) is 13.3 Å². The Morgan fingerprint density at radius 3 is 2.30 bits per heavy atom. The van der Waals surface area contributed by atoms with E-state index in [0.29, 0.717) is 5.69 Å². The van der Waals surface area contributed by atoms with E-state index >= 15 is 0 Å². The smallest absolute Gasteiger partial charge is 0.339 e. The number of anilines is 1. The maximum atomic E-state index is 11.7. The molecule has 6 heteroatoms. The highest BCUT2D eigenvalue weighted by Gasteiger charge is 2.20. The number of carbonyl (C=O) groups excluding carboxylic acids is 3. The van der Waals surface area contributed by atoms with Crippen LogP contribution in [0.5, 0.6) is 0 Å². The molecule has 1 amide bonds. The Morgan fingerprint density at radius 2 is 1.75 bits per heavy atom. The minimum atomic E-state index is -0.537. The molecule has 0 unspecified atom stereocenters. The summed E-state index contributed by atoms with van der Waals surface area (Å²) in [6, 6.07) is 6.57. The van der Waals surface area contributed by atoms with Gasteiger partial charge in [0.05, 0.1) is 31.9 Å². The summed E-state index contributed by atoms with van der Waals surface area (Å²) in [6.07, 6.45) is 0.0472. The first-order chi connectivity index (χ1) is 9.51. The maximum Gasteiger partial charge on any atom is 0.339 e. The van der Waals surface area contributed by atoms with Gasteiger partial charge in [-0.15, -0.1) is 0 Å². The first-order valence-corrected chi connectivity index (χ1v) is 6.03. The number of hydrogen-bond donors (Lipinski definition) is 0. The first-order valence-electron chi connectivity index (χ1n) is 6.03. The van der Waals surface area contributed by atoms with Crippen molar-refractivity contribution in [2.75, 3.05) is 25.7 Å². The van der Waals surface area contributed by atoms with Crippen LogP contribution in [-0.4, -0.2) is 38.6 Å². The van der Waals surface area contributed by atoms with Crippen LogP contribution in [0.25, 0.3) is 0 Å². The van der Waals surface area contributed by atoms with Crippen molar-refractivity contribution in [3.63, 3.8) is 0 Å². The van der Waals surface area contributed by atoms with Crippen LogP contribution in [-0.2, 0) is 19.1 Å². The lowest BCUT2D eigenvalue weighted by Gasteiger charge is -2.22. The Morgan fingerprint density at radius 1 is 1.10 bits per heavy atom. The summed E-state index contributed by atoms with van der Waals surface area (Å²) in [5, 5.41) is 0. The number of methoxy groups -OCH3 is 2. The normalized spacial score (nSPS) is 9.75. The number of carbonyl (C=O) groups is 3. The molecule has 0 fully saturated rings. The number of ether oxygens (including phenoxy) is 2. The van der Waals surface area contributed by atoms with Crippen LogP contribution in [0.4, 0.5) is 5.69 Å². The molecule has 0 aromatic heterocycles. The van der Waals surface area contributed by atoms with Crippen molar-refractivity contribution in [1.29, 1.82) is 0 Å². The highest BCUT2D eigenvalue weighted by atomic mass is 16.5. The summed E-state index contributed by atoms with van der Waals surface area (Å²) in [5.41, 5.74) is 0.686. The molecule has 0 spiro atoms. The predicted octanol–water partition coefficient (Wildman–Crippen LogP) is 1.39. The molecule has 0 saturated carbocycles. The van der Waals surface area contributed by atoms with E-state index in [1.165, 1.54) is 26.0 Å². The average Bonchev–Trinajstić information content (AvgIpc) is 2.46. The molecule has 108 valence electrons. The average molecular weight is 279 g/mol. The number of rotatable bonds is 5. The zero-order chi connectivity index (χ0) is 15.1. The van der Waals surface area contributed by atoms with Crippen molar-refractivity contribution in [3.8, 4) is 0 Å². The van der Waals surface area contributed by atoms with Crippen LogP contribution >= 0.6 is 0 Å². The van der Waals surface area contributed by atoms with Crippen LogP contribution < -0.4 is 4.90 Å². The topological polar surface area (TPSA) is 72.9 Å². The van der Waals surface area contributed by atoms with E-state index in [1.807, 2.05) is 0 Å². The molecule has 1 aromatic rings. The van der Waals surface area contributed by atoms with Gasteiger partial charge in [0.15, 0.2) is 0 Å². The fourth-order valence-corrected chi connectivity index (χ4v) is 1.74. The second kappa shape index (κ2) is 7.28. The van der Waals surface area contributed by atoms with Crippen LogP contribution in [0.1, 0.15) is 23.7 Å². The highest BCUT2D eigenvalue weighted by Crippen LogP contribution is 2.21. The van der Waals surface area contributed by atoms with E-state index in [-0.39, 0.29) is 24.4 Å². The molecule has 0 bridgehead atoms. The molecule has 1 rings (SSSR count). The molecule has 0 saturated heterocycles. The number of esters is 2. The zero-order valence-corrected chi connectivity index (χ0v) is 11.7. The van der Waals surface area contributed by atoms with Gasteiger partial charge in [0.2, 0.25) is 5.91 Å². The molecular formula is C14H17NO5. The quantitative estimate of drug-likeness (QED) is 0.761. The summed E-state index contributed by atoms with van der Waals surface area (Å²) in [4.78, 5) is 36.0. The monoisotopic (exact) mass is 279 g/mol. The van der Waals surface area contributed by atoms with Crippen molar-refractivity contribution in [1.82, 2.24) is 0 Å². The van der Waals surface area contributed by atoms with E-state index in [1.54, 1.807) is 24.3 Å². The van der Waals surface area contributed by atoms with E-state index in [2.05, 4.69) is 9.47 Å². The molecule has 0 aliphatic carbocycles. The highest BCUT2D eigenvalue weighted by molar-refractivity contribution is 6.02. The van der Waals surface area contributed by atoms with Gasteiger partial charge in [-0.25, -0.2) is 4.79 Å². The van der Waals surface area contributed by atoms with Gasteiger partial charge in [-0.2, -0.15) is 0 Å². The molecule has 0 aliphatic heterocycles. The van der Waals surface area contributed by atoms with Gasteiger partial charge in [-0.1, -0.05) is 12.1 Å². The van der Waals surface area contributed by atoms with Crippen LogP contribution in [0, 0.1) is 0 Å². The number of nitrogens with zero attached hydrogens (tertiary/aromatic N) is 1. The fraction of sp³-hybridized carbons (Fsp3) is 0.357. The van der Waals surface area contributed by atoms with Gasteiger partial charge in [0.25, 0.3) is 0 Å². The van der Waals surface area contributed by atoms with Crippen molar-refractivity contribution in [2.24, 2.45) is 0 Å². The first kappa shape index (κ1) is 15.7. The number of para-hydroxylation sites is 1. The third-order valence-corrected chi connectivity index (χ3v) is 2.75. The van der Waals surface area contributed by atoms with Gasteiger partial charge in [0.1, 0.15) is 0 Å². The molecule has 0 aliphatic rings. The Hall–Kier alpha value is -2.37. The lowest BCUT2D eigenvalue weighted by atomic mass is 10.1. The van der Waals surface area contributed by atoms with E-state index in [4.69, 9.17) is 0 Å². The van der Waals surface area contributed by atoms with Crippen molar-refractivity contribution < 1.29 is 23.9 Å². The van der Waals surface area contributed by atoms with Crippen LogP contribution in [0.15, 0.2) is 24.3 Å². The lowest BCUT2D eigenvalue weighted by Crippen LogP contribution is -2.32. The predicted molar refractivity (Wildman–Crippen MR) is 72.4 cm³/mol. The zero-order valence-electron chi connectivity index (χ0n) is 11.7. The van der Waals surface area contributed by atoms with Crippen LogP contribution in [0.3, 0.4) is 0 Å². The lowest BCUT2D eigenvalue weighted by molar-refractivity contribution is -0.140. The Balaban J connectivity index is 3.06. The molecule has 0 atom stereocenters. The summed E-state index contributed by atoms with van der Waals surface area (Å²) >= 11 is 0. The van der Waals surface area contributed by atoms with Gasteiger partial charge in [-0.3, -0.25) is 9.59 Å². The van der Waals surface area contributed by atoms with E-state index in [0.717, 1.165) is 0 Å². The molecule has 20 heavy (non-hydrogen) atoms. The molecule has 0 N–H and O–H groups in total. The summed E-state index contributed by atoms with van der Waals surface area (Å²) < 4.78 is 9.23. The second-order valence-corrected chi connectivity index (χ2v) is 4.01. The summed E-state index contributed by atoms with van der Waals surface area (Å²) in [5.74, 6) is -1.23. The van der Waals surface area contributed by atoms with Gasteiger partial charge < -0.3 is 14.4 Å². The van der Waals surface area contributed by atoms with Crippen LogP contribution in [0.2, 0.25) is 0 Å². The second-order valence-electron chi connectivity index (χ2n) is 4.01. The third-order valence-electron chi connectivity index (χ3n) is 2.75. The largest absolute Gasteiger partial charge is 0.469 e. The van der Waals surface area contributed by atoms with E-state index < -0.39 is 11.9 Å². The van der Waals surface area contributed by atoms with Gasteiger partial charge >= 0.3 is 11.9 Å². The maximum absolute atomic E-state index is 11.7. The van der Waals surface area contributed by atoms with E-state index in [9.17, 15) is 14.4 Å².